The largest absolute Gasteiger partial charge is 0.399 e. The standard InChI is InChI=1S/C14H19BrN2O/c1-9-5-10(2)8-17(7-9)14(18)12-6-11(16)3-4-13(12)15/h3-4,6,9-10H,5,7-8,16H2,1-2H3. The molecule has 2 atom stereocenters. The second kappa shape index (κ2) is 5.31. The molecular formula is C14H19BrN2O. The molecule has 0 radical (unpaired) electrons. The summed E-state index contributed by atoms with van der Waals surface area (Å²) < 4.78 is 0.813. The van der Waals surface area contributed by atoms with Gasteiger partial charge in [-0.05, 0) is 52.4 Å². The van der Waals surface area contributed by atoms with Gasteiger partial charge in [0, 0.05) is 23.2 Å². The van der Waals surface area contributed by atoms with E-state index >= 15 is 0 Å². The zero-order valence-corrected chi connectivity index (χ0v) is 12.4. The van der Waals surface area contributed by atoms with E-state index in [0.29, 0.717) is 23.1 Å². The van der Waals surface area contributed by atoms with Gasteiger partial charge in [0.2, 0.25) is 0 Å². The number of halogens is 1. The van der Waals surface area contributed by atoms with Crippen LogP contribution in [0, 0.1) is 11.8 Å². The number of nitrogen functional groups attached to an aromatic ring is 1. The van der Waals surface area contributed by atoms with Crippen molar-refractivity contribution in [3.63, 3.8) is 0 Å². The molecule has 1 heterocycles. The molecule has 0 bridgehead atoms. The van der Waals surface area contributed by atoms with E-state index in [1.165, 1.54) is 6.42 Å². The smallest absolute Gasteiger partial charge is 0.255 e. The van der Waals surface area contributed by atoms with Crippen LogP contribution in [0.25, 0.3) is 0 Å². The number of anilines is 1. The predicted molar refractivity (Wildman–Crippen MR) is 77.4 cm³/mol. The van der Waals surface area contributed by atoms with Crippen LogP contribution >= 0.6 is 15.9 Å². The van der Waals surface area contributed by atoms with Crippen LogP contribution in [-0.2, 0) is 0 Å². The van der Waals surface area contributed by atoms with Crippen molar-refractivity contribution in [2.45, 2.75) is 20.3 Å². The van der Waals surface area contributed by atoms with E-state index in [1.54, 1.807) is 12.1 Å². The zero-order valence-electron chi connectivity index (χ0n) is 10.8. The molecule has 18 heavy (non-hydrogen) atoms. The van der Waals surface area contributed by atoms with Crippen LogP contribution in [0.2, 0.25) is 0 Å². The van der Waals surface area contributed by atoms with Gasteiger partial charge in [-0.2, -0.15) is 0 Å². The molecule has 2 unspecified atom stereocenters. The van der Waals surface area contributed by atoms with Crippen molar-refractivity contribution in [2.24, 2.45) is 11.8 Å². The molecule has 1 amide bonds. The number of hydrogen-bond acceptors (Lipinski definition) is 2. The minimum Gasteiger partial charge on any atom is -0.399 e. The lowest BCUT2D eigenvalue weighted by molar-refractivity contribution is 0.0622. The number of carbonyl (C=O) groups excluding carboxylic acids is 1. The third kappa shape index (κ3) is 2.86. The van der Waals surface area contributed by atoms with Gasteiger partial charge in [0.25, 0.3) is 5.91 Å². The van der Waals surface area contributed by atoms with Gasteiger partial charge >= 0.3 is 0 Å². The lowest BCUT2D eigenvalue weighted by atomic mass is 9.91. The van der Waals surface area contributed by atoms with E-state index in [1.807, 2.05) is 11.0 Å². The average Bonchev–Trinajstić information content (AvgIpc) is 2.30. The first-order valence-corrected chi connectivity index (χ1v) is 7.11. The summed E-state index contributed by atoms with van der Waals surface area (Å²) in [6.45, 7) is 6.07. The summed E-state index contributed by atoms with van der Waals surface area (Å²) in [4.78, 5) is 14.4. The van der Waals surface area contributed by atoms with E-state index < -0.39 is 0 Å². The normalized spacial score (nSPS) is 24.1. The Kier molecular flexibility index (Phi) is 3.95. The van der Waals surface area contributed by atoms with Crippen molar-refractivity contribution >= 4 is 27.5 Å². The zero-order chi connectivity index (χ0) is 13.3. The second-order valence-electron chi connectivity index (χ2n) is 5.40. The topological polar surface area (TPSA) is 46.3 Å². The molecule has 0 saturated carbocycles. The molecule has 98 valence electrons. The summed E-state index contributed by atoms with van der Waals surface area (Å²) in [6, 6.07) is 5.37. The number of nitrogens with two attached hydrogens (primary N) is 1. The minimum absolute atomic E-state index is 0.0765. The fourth-order valence-corrected chi connectivity index (χ4v) is 3.12. The summed E-state index contributed by atoms with van der Waals surface area (Å²) in [5.41, 5.74) is 7.05. The van der Waals surface area contributed by atoms with Crippen LogP contribution in [0.3, 0.4) is 0 Å². The Morgan fingerprint density at radius 2 is 1.94 bits per heavy atom. The fourth-order valence-electron chi connectivity index (χ4n) is 2.71. The summed E-state index contributed by atoms with van der Waals surface area (Å²) in [6.07, 6.45) is 1.20. The Bertz CT molecular complexity index is 451. The highest BCUT2D eigenvalue weighted by atomic mass is 79.9. The Morgan fingerprint density at radius 1 is 1.33 bits per heavy atom. The Morgan fingerprint density at radius 3 is 2.56 bits per heavy atom. The highest BCUT2D eigenvalue weighted by Crippen LogP contribution is 2.26. The van der Waals surface area contributed by atoms with Crippen LogP contribution in [-0.4, -0.2) is 23.9 Å². The first kappa shape index (κ1) is 13.4. The molecule has 2 rings (SSSR count). The monoisotopic (exact) mass is 310 g/mol. The van der Waals surface area contributed by atoms with E-state index in [0.717, 1.165) is 17.6 Å². The molecule has 1 saturated heterocycles. The van der Waals surface area contributed by atoms with Crippen LogP contribution in [0.5, 0.6) is 0 Å². The van der Waals surface area contributed by atoms with E-state index in [2.05, 4.69) is 29.8 Å². The molecule has 1 aromatic carbocycles. The quantitative estimate of drug-likeness (QED) is 0.810. The van der Waals surface area contributed by atoms with Gasteiger partial charge in [0.1, 0.15) is 0 Å². The average molecular weight is 311 g/mol. The molecular weight excluding hydrogens is 292 g/mol. The second-order valence-corrected chi connectivity index (χ2v) is 6.25. The summed E-state index contributed by atoms with van der Waals surface area (Å²) >= 11 is 3.42. The van der Waals surface area contributed by atoms with Crippen LogP contribution in [0.1, 0.15) is 30.6 Å². The highest BCUT2D eigenvalue weighted by Gasteiger charge is 2.27. The number of nitrogens with zero attached hydrogens (tertiary/aromatic N) is 1. The Labute approximate surface area is 116 Å². The van der Waals surface area contributed by atoms with Crippen molar-refractivity contribution in [1.82, 2.24) is 4.90 Å². The molecule has 0 aliphatic carbocycles. The third-order valence-electron chi connectivity index (χ3n) is 3.38. The van der Waals surface area contributed by atoms with E-state index in [9.17, 15) is 4.79 Å². The predicted octanol–water partition coefficient (Wildman–Crippen LogP) is 3.15. The maximum atomic E-state index is 12.5. The van der Waals surface area contributed by atoms with Gasteiger partial charge in [-0.25, -0.2) is 0 Å². The summed E-state index contributed by atoms with van der Waals surface area (Å²) in [5.74, 6) is 1.21. The maximum Gasteiger partial charge on any atom is 0.255 e. The number of benzene rings is 1. The summed E-state index contributed by atoms with van der Waals surface area (Å²) in [5, 5.41) is 0. The number of amides is 1. The third-order valence-corrected chi connectivity index (χ3v) is 4.07. The molecule has 1 aliphatic rings. The van der Waals surface area contributed by atoms with Crippen LogP contribution in [0.4, 0.5) is 5.69 Å². The van der Waals surface area contributed by atoms with Crippen molar-refractivity contribution in [3.8, 4) is 0 Å². The molecule has 1 fully saturated rings. The van der Waals surface area contributed by atoms with Crippen LogP contribution in [0.15, 0.2) is 22.7 Å². The molecule has 2 N–H and O–H groups in total. The van der Waals surface area contributed by atoms with Gasteiger partial charge in [-0.3, -0.25) is 4.79 Å². The molecule has 4 heteroatoms. The number of likely N-dealkylation sites (tertiary alicyclic amines) is 1. The van der Waals surface area contributed by atoms with Gasteiger partial charge in [0.05, 0.1) is 5.56 Å². The van der Waals surface area contributed by atoms with Crippen molar-refractivity contribution in [2.75, 3.05) is 18.8 Å². The van der Waals surface area contributed by atoms with Gasteiger partial charge in [-0.1, -0.05) is 13.8 Å². The van der Waals surface area contributed by atoms with Crippen LogP contribution < -0.4 is 5.73 Å². The van der Waals surface area contributed by atoms with E-state index in [-0.39, 0.29) is 5.91 Å². The number of carbonyl (C=O) groups is 1. The Hall–Kier alpha value is -1.03. The number of rotatable bonds is 1. The maximum absolute atomic E-state index is 12.5. The molecule has 1 aliphatic heterocycles. The number of piperidine rings is 1. The molecule has 1 aromatic rings. The molecule has 0 aromatic heterocycles. The lowest BCUT2D eigenvalue weighted by Crippen LogP contribution is -2.42. The van der Waals surface area contributed by atoms with Crippen molar-refractivity contribution < 1.29 is 4.79 Å². The van der Waals surface area contributed by atoms with Gasteiger partial charge in [0.15, 0.2) is 0 Å². The summed E-state index contributed by atoms with van der Waals surface area (Å²) in [7, 11) is 0. The molecule has 0 spiro atoms. The van der Waals surface area contributed by atoms with Gasteiger partial charge < -0.3 is 10.6 Å². The number of hydrogen-bond donors (Lipinski definition) is 1. The molecule has 3 nitrogen and oxygen atoms in total. The SMILES string of the molecule is CC1CC(C)CN(C(=O)c2cc(N)ccc2Br)C1. The minimum atomic E-state index is 0.0765. The fraction of sp³-hybridized carbons (Fsp3) is 0.500. The first-order chi connectivity index (χ1) is 8.47. The highest BCUT2D eigenvalue weighted by molar-refractivity contribution is 9.10. The van der Waals surface area contributed by atoms with Gasteiger partial charge in [-0.15, -0.1) is 0 Å². The van der Waals surface area contributed by atoms with Crippen molar-refractivity contribution in [3.05, 3.63) is 28.2 Å². The first-order valence-electron chi connectivity index (χ1n) is 6.31. The van der Waals surface area contributed by atoms with Crippen molar-refractivity contribution in [1.29, 1.82) is 0 Å². The Balaban J connectivity index is 2.22. The van der Waals surface area contributed by atoms with E-state index in [4.69, 9.17) is 5.73 Å². The lowest BCUT2D eigenvalue weighted by Gasteiger charge is -2.35.